The number of carbonyl (C=O) groups is 1. The first-order chi connectivity index (χ1) is 7.20. The van der Waals surface area contributed by atoms with Crippen molar-refractivity contribution in [3.8, 4) is 0 Å². The topological polar surface area (TPSA) is 46.5 Å². The Kier molecular flexibility index (Phi) is 4.77. The van der Waals surface area contributed by atoms with Gasteiger partial charge in [0.25, 0.3) is 0 Å². The number of benzene rings is 1. The minimum Gasteiger partial charge on any atom is -0.481 e. The molecule has 0 aliphatic rings. The van der Waals surface area contributed by atoms with E-state index in [4.69, 9.17) is 9.84 Å². The molecule has 0 spiro atoms. The second kappa shape index (κ2) is 6.14. The monoisotopic (exact) mass is 212 g/mol. The van der Waals surface area contributed by atoms with Gasteiger partial charge in [-0.1, -0.05) is 18.2 Å². The summed E-state index contributed by atoms with van der Waals surface area (Å²) in [6.45, 7) is 0.512. The van der Waals surface area contributed by atoms with Crippen LogP contribution in [0.15, 0.2) is 24.3 Å². The van der Waals surface area contributed by atoms with E-state index in [1.54, 1.807) is 18.2 Å². The molecule has 0 aliphatic carbocycles. The molecule has 1 N–H and O–H groups in total. The Morgan fingerprint density at radius 2 is 2.07 bits per heavy atom. The Hall–Kier alpha value is -1.42. The zero-order valence-corrected chi connectivity index (χ0v) is 8.28. The van der Waals surface area contributed by atoms with Crippen molar-refractivity contribution in [3.63, 3.8) is 0 Å². The highest BCUT2D eigenvalue weighted by Gasteiger charge is 2.00. The molecular formula is C11H13FO3. The number of hydrogen-bond donors (Lipinski definition) is 1. The molecule has 0 saturated carbocycles. The van der Waals surface area contributed by atoms with Crippen molar-refractivity contribution < 1.29 is 19.0 Å². The molecule has 15 heavy (non-hydrogen) atoms. The van der Waals surface area contributed by atoms with Crippen LogP contribution in [0.4, 0.5) is 4.39 Å². The third-order valence-corrected chi connectivity index (χ3v) is 1.93. The van der Waals surface area contributed by atoms with Crippen LogP contribution in [0.1, 0.15) is 12.0 Å². The first-order valence-corrected chi connectivity index (χ1v) is 4.73. The van der Waals surface area contributed by atoms with Crippen LogP contribution in [0.25, 0.3) is 0 Å². The molecule has 0 radical (unpaired) electrons. The molecule has 82 valence electrons. The highest BCUT2D eigenvalue weighted by molar-refractivity contribution is 5.66. The Morgan fingerprint density at radius 3 is 2.73 bits per heavy atom. The third kappa shape index (κ3) is 4.56. The zero-order chi connectivity index (χ0) is 11.1. The summed E-state index contributed by atoms with van der Waals surface area (Å²) >= 11 is 0. The van der Waals surface area contributed by atoms with E-state index < -0.39 is 5.97 Å². The predicted molar refractivity (Wildman–Crippen MR) is 53.2 cm³/mol. The van der Waals surface area contributed by atoms with Gasteiger partial charge >= 0.3 is 5.97 Å². The summed E-state index contributed by atoms with van der Waals surface area (Å²) < 4.78 is 18.1. The number of carboxylic acid groups (broad SMARTS) is 1. The fourth-order valence-corrected chi connectivity index (χ4v) is 1.14. The van der Waals surface area contributed by atoms with Gasteiger partial charge in [-0.2, -0.15) is 0 Å². The number of ether oxygens (including phenoxy) is 1. The molecule has 4 heteroatoms. The molecule has 0 aromatic heterocycles. The van der Waals surface area contributed by atoms with Crippen LogP contribution in [-0.4, -0.2) is 24.3 Å². The average Bonchev–Trinajstić information content (AvgIpc) is 2.20. The van der Waals surface area contributed by atoms with Gasteiger partial charge in [0.2, 0.25) is 0 Å². The van der Waals surface area contributed by atoms with Crippen molar-refractivity contribution in [1.29, 1.82) is 0 Å². The molecule has 0 fully saturated rings. The lowest BCUT2D eigenvalue weighted by molar-refractivity contribution is -0.138. The number of carboxylic acids is 1. The predicted octanol–water partition coefficient (Wildman–Crippen LogP) is 1.86. The molecule has 0 aliphatic heterocycles. The molecule has 0 saturated heterocycles. The maximum atomic E-state index is 13.1. The molecule has 3 nitrogen and oxygen atoms in total. The van der Waals surface area contributed by atoms with Gasteiger partial charge in [-0.05, 0) is 18.1 Å². The molecule has 0 atom stereocenters. The fourth-order valence-electron chi connectivity index (χ4n) is 1.14. The molecule has 0 heterocycles. The standard InChI is InChI=1S/C11H13FO3/c12-10-4-2-1-3-9(10)5-7-15-8-6-11(13)14/h1-4H,5-8H2,(H,13,14). The van der Waals surface area contributed by atoms with E-state index in [0.29, 0.717) is 18.6 Å². The summed E-state index contributed by atoms with van der Waals surface area (Å²) in [4.78, 5) is 10.1. The van der Waals surface area contributed by atoms with Crippen LogP contribution in [0.5, 0.6) is 0 Å². The van der Waals surface area contributed by atoms with E-state index in [1.807, 2.05) is 0 Å². The smallest absolute Gasteiger partial charge is 0.305 e. The van der Waals surface area contributed by atoms with E-state index in [0.717, 1.165) is 0 Å². The molecule has 0 bridgehead atoms. The van der Waals surface area contributed by atoms with Crippen molar-refractivity contribution in [2.45, 2.75) is 12.8 Å². The van der Waals surface area contributed by atoms with E-state index in [2.05, 4.69) is 0 Å². The highest BCUT2D eigenvalue weighted by Crippen LogP contribution is 2.06. The number of aliphatic carboxylic acids is 1. The second-order valence-corrected chi connectivity index (χ2v) is 3.10. The molecule has 0 amide bonds. The minimum atomic E-state index is -0.888. The molecule has 1 rings (SSSR count). The van der Waals surface area contributed by atoms with Gasteiger partial charge < -0.3 is 9.84 Å². The molecule has 1 aromatic carbocycles. The lowest BCUT2D eigenvalue weighted by atomic mass is 10.1. The number of halogens is 1. The van der Waals surface area contributed by atoms with Gasteiger partial charge in [0.1, 0.15) is 5.82 Å². The summed E-state index contributed by atoms with van der Waals surface area (Å²) in [6, 6.07) is 6.47. The fraction of sp³-hybridized carbons (Fsp3) is 0.364. The van der Waals surface area contributed by atoms with Gasteiger partial charge in [-0.15, -0.1) is 0 Å². The van der Waals surface area contributed by atoms with Crippen molar-refractivity contribution >= 4 is 5.97 Å². The van der Waals surface area contributed by atoms with Crippen LogP contribution in [0.3, 0.4) is 0 Å². The largest absolute Gasteiger partial charge is 0.481 e. The van der Waals surface area contributed by atoms with Gasteiger partial charge in [-0.25, -0.2) is 4.39 Å². The van der Waals surface area contributed by atoms with Crippen LogP contribution in [-0.2, 0) is 16.0 Å². The lowest BCUT2D eigenvalue weighted by Crippen LogP contribution is -2.05. The zero-order valence-electron chi connectivity index (χ0n) is 8.28. The first-order valence-electron chi connectivity index (χ1n) is 4.73. The SMILES string of the molecule is O=C(O)CCOCCc1ccccc1F. The summed E-state index contributed by atoms with van der Waals surface area (Å²) in [6.07, 6.45) is 0.448. The first kappa shape index (κ1) is 11.7. The van der Waals surface area contributed by atoms with Crippen LogP contribution in [0.2, 0.25) is 0 Å². The van der Waals surface area contributed by atoms with Gasteiger partial charge in [-0.3, -0.25) is 4.79 Å². The van der Waals surface area contributed by atoms with Crippen molar-refractivity contribution in [3.05, 3.63) is 35.6 Å². The quantitative estimate of drug-likeness (QED) is 0.732. The van der Waals surface area contributed by atoms with Crippen molar-refractivity contribution in [2.75, 3.05) is 13.2 Å². The average molecular weight is 212 g/mol. The Morgan fingerprint density at radius 1 is 1.33 bits per heavy atom. The summed E-state index contributed by atoms with van der Waals surface area (Å²) in [5.41, 5.74) is 0.591. The summed E-state index contributed by atoms with van der Waals surface area (Å²) in [5.74, 6) is -1.14. The van der Waals surface area contributed by atoms with Gasteiger partial charge in [0.15, 0.2) is 0 Å². The Labute approximate surface area is 87.5 Å². The van der Waals surface area contributed by atoms with E-state index >= 15 is 0 Å². The normalized spacial score (nSPS) is 10.2. The van der Waals surface area contributed by atoms with Gasteiger partial charge in [0.05, 0.1) is 19.6 Å². The molecule has 1 aromatic rings. The van der Waals surface area contributed by atoms with Crippen LogP contribution in [0, 0.1) is 5.82 Å². The van der Waals surface area contributed by atoms with Gasteiger partial charge in [0, 0.05) is 0 Å². The summed E-state index contributed by atoms with van der Waals surface area (Å²) in [5, 5.41) is 8.33. The highest BCUT2D eigenvalue weighted by atomic mass is 19.1. The minimum absolute atomic E-state index is 0.0166. The van der Waals surface area contributed by atoms with E-state index in [1.165, 1.54) is 6.07 Å². The molecular weight excluding hydrogens is 199 g/mol. The van der Waals surface area contributed by atoms with Crippen LogP contribution < -0.4 is 0 Å². The Bertz CT molecular complexity index is 325. The lowest BCUT2D eigenvalue weighted by Gasteiger charge is -2.03. The second-order valence-electron chi connectivity index (χ2n) is 3.10. The van der Waals surface area contributed by atoms with Crippen molar-refractivity contribution in [2.24, 2.45) is 0 Å². The number of hydrogen-bond acceptors (Lipinski definition) is 2. The van der Waals surface area contributed by atoms with E-state index in [9.17, 15) is 9.18 Å². The molecule has 0 unspecified atom stereocenters. The van der Waals surface area contributed by atoms with Crippen molar-refractivity contribution in [1.82, 2.24) is 0 Å². The van der Waals surface area contributed by atoms with Crippen LogP contribution >= 0.6 is 0 Å². The summed E-state index contributed by atoms with van der Waals surface area (Å²) in [7, 11) is 0. The maximum Gasteiger partial charge on any atom is 0.305 e. The Balaban J connectivity index is 2.21. The van der Waals surface area contributed by atoms with E-state index in [-0.39, 0.29) is 18.8 Å². The number of rotatable bonds is 6. The third-order valence-electron chi connectivity index (χ3n) is 1.93. The maximum absolute atomic E-state index is 13.1.